The number of piperidine rings is 1. The smallest absolute Gasteiger partial charge is 0.255 e. The van der Waals surface area contributed by atoms with Crippen LogP contribution < -0.4 is 21.7 Å². The molecule has 2 atom stereocenters. The van der Waals surface area contributed by atoms with E-state index in [2.05, 4.69) is 22.1 Å². The van der Waals surface area contributed by atoms with Gasteiger partial charge in [0.25, 0.3) is 5.91 Å². The van der Waals surface area contributed by atoms with Gasteiger partial charge in [-0.1, -0.05) is 6.92 Å². The summed E-state index contributed by atoms with van der Waals surface area (Å²) in [6, 6.07) is 1.95. The Kier molecular flexibility index (Phi) is 3.77. The molecule has 1 aromatic heterocycles. The van der Waals surface area contributed by atoms with Crippen molar-refractivity contribution in [3.63, 3.8) is 0 Å². The highest BCUT2D eigenvalue weighted by Crippen LogP contribution is 2.46. The number of nitrogen functional groups attached to an aromatic ring is 2. The quantitative estimate of drug-likeness (QED) is 0.788. The first-order chi connectivity index (χ1) is 11.5. The van der Waals surface area contributed by atoms with E-state index in [1.54, 1.807) is 6.07 Å². The molecular formula is C18H27N5O. The van der Waals surface area contributed by atoms with E-state index < -0.39 is 0 Å². The highest BCUT2D eigenvalue weighted by molar-refractivity contribution is 6.00. The number of pyridine rings is 1. The summed E-state index contributed by atoms with van der Waals surface area (Å²) in [5, 5.41) is 3.19. The van der Waals surface area contributed by atoms with Crippen LogP contribution in [0.15, 0.2) is 6.07 Å². The maximum atomic E-state index is 12.9. The second-order valence-electron chi connectivity index (χ2n) is 7.93. The number of rotatable bonds is 3. The van der Waals surface area contributed by atoms with Gasteiger partial charge in [0.15, 0.2) is 0 Å². The minimum absolute atomic E-state index is 0.0654. The number of nitrogens with two attached hydrogens (primary N) is 2. The molecule has 3 aliphatic rings. The first kappa shape index (κ1) is 15.5. The molecule has 1 amide bonds. The Balaban J connectivity index is 1.54. The third kappa shape index (κ3) is 2.89. The molecule has 1 aromatic rings. The SMILES string of the molecule is C[C@H]1CC[C@H](NC(=O)c2cc(N)c(N)nc2N2CC3CC3C2)CC1. The Morgan fingerprint density at radius 3 is 2.54 bits per heavy atom. The lowest BCUT2D eigenvalue weighted by molar-refractivity contribution is 0.0923. The van der Waals surface area contributed by atoms with Gasteiger partial charge in [0.05, 0.1) is 11.3 Å². The Labute approximate surface area is 143 Å². The summed E-state index contributed by atoms with van der Waals surface area (Å²) in [6.07, 6.45) is 5.76. The van der Waals surface area contributed by atoms with Crippen LogP contribution in [0, 0.1) is 17.8 Å². The van der Waals surface area contributed by atoms with E-state index in [9.17, 15) is 4.79 Å². The van der Waals surface area contributed by atoms with Crippen molar-refractivity contribution in [1.29, 1.82) is 0 Å². The second kappa shape index (κ2) is 5.83. The number of amides is 1. The van der Waals surface area contributed by atoms with Crippen molar-refractivity contribution < 1.29 is 4.79 Å². The number of anilines is 3. The zero-order valence-electron chi connectivity index (χ0n) is 14.3. The molecule has 5 N–H and O–H groups in total. The number of hydrogen-bond acceptors (Lipinski definition) is 5. The van der Waals surface area contributed by atoms with Gasteiger partial charge in [-0.05, 0) is 55.9 Å². The fourth-order valence-corrected chi connectivity index (χ4v) is 4.18. The van der Waals surface area contributed by atoms with Crippen molar-refractivity contribution in [3.05, 3.63) is 11.6 Å². The molecule has 6 heteroatoms. The molecule has 24 heavy (non-hydrogen) atoms. The average molecular weight is 329 g/mol. The third-order valence-corrected chi connectivity index (χ3v) is 5.94. The molecule has 1 saturated heterocycles. The van der Waals surface area contributed by atoms with Crippen molar-refractivity contribution in [2.45, 2.75) is 45.1 Å². The summed E-state index contributed by atoms with van der Waals surface area (Å²) >= 11 is 0. The maximum Gasteiger partial charge on any atom is 0.255 e. The second-order valence-corrected chi connectivity index (χ2v) is 7.93. The van der Waals surface area contributed by atoms with Crippen molar-refractivity contribution >= 4 is 23.2 Å². The number of aromatic nitrogens is 1. The topological polar surface area (TPSA) is 97.3 Å². The molecular weight excluding hydrogens is 302 g/mol. The maximum absolute atomic E-state index is 12.9. The van der Waals surface area contributed by atoms with Crippen LogP contribution in [0.5, 0.6) is 0 Å². The summed E-state index contributed by atoms with van der Waals surface area (Å²) in [7, 11) is 0. The van der Waals surface area contributed by atoms with E-state index in [1.165, 1.54) is 19.3 Å². The van der Waals surface area contributed by atoms with Crippen molar-refractivity contribution in [2.24, 2.45) is 17.8 Å². The summed E-state index contributed by atoms with van der Waals surface area (Å²) in [6.45, 7) is 4.23. The van der Waals surface area contributed by atoms with Gasteiger partial charge in [-0.15, -0.1) is 0 Å². The van der Waals surface area contributed by atoms with Gasteiger partial charge in [0, 0.05) is 19.1 Å². The van der Waals surface area contributed by atoms with Gasteiger partial charge in [-0.25, -0.2) is 4.98 Å². The minimum atomic E-state index is -0.0654. The van der Waals surface area contributed by atoms with E-state index in [0.29, 0.717) is 22.9 Å². The largest absolute Gasteiger partial charge is 0.396 e. The molecule has 130 valence electrons. The summed E-state index contributed by atoms with van der Waals surface area (Å²) in [4.78, 5) is 19.5. The highest BCUT2D eigenvalue weighted by Gasteiger charge is 2.46. The number of nitrogens with one attached hydrogen (secondary N) is 1. The van der Waals surface area contributed by atoms with Crippen LogP contribution in [0.1, 0.15) is 49.4 Å². The third-order valence-electron chi connectivity index (χ3n) is 5.94. The summed E-state index contributed by atoms with van der Waals surface area (Å²) in [5.41, 5.74) is 12.8. The predicted octanol–water partition coefficient (Wildman–Crippen LogP) is 2.01. The van der Waals surface area contributed by atoms with Crippen LogP contribution >= 0.6 is 0 Å². The number of carbonyl (C=O) groups excluding carboxylic acids is 1. The van der Waals surface area contributed by atoms with Crippen LogP contribution in [-0.2, 0) is 0 Å². The van der Waals surface area contributed by atoms with E-state index in [1.807, 2.05) is 0 Å². The molecule has 0 radical (unpaired) electrons. The molecule has 2 unspecified atom stereocenters. The molecule has 1 aliphatic heterocycles. The standard InChI is InChI=1S/C18H27N5O/c1-10-2-4-13(5-3-10)21-18(24)14-7-15(19)16(20)22-17(14)23-8-11-6-12(11)9-23/h7,10-13H,2-6,8-9,19H2,1H3,(H2,20,22)(H,21,24)/t10-,11?,12?,13-. The molecule has 2 aliphatic carbocycles. The van der Waals surface area contributed by atoms with E-state index in [0.717, 1.165) is 43.7 Å². The monoisotopic (exact) mass is 329 g/mol. The van der Waals surface area contributed by atoms with Crippen molar-refractivity contribution in [1.82, 2.24) is 10.3 Å². The fourth-order valence-electron chi connectivity index (χ4n) is 4.18. The zero-order valence-corrected chi connectivity index (χ0v) is 14.3. The van der Waals surface area contributed by atoms with Crippen LogP contribution in [0.4, 0.5) is 17.3 Å². The van der Waals surface area contributed by atoms with Crippen LogP contribution in [0.25, 0.3) is 0 Å². The summed E-state index contributed by atoms with van der Waals surface area (Å²) < 4.78 is 0. The lowest BCUT2D eigenvalue weighted by Gasteiger charge is -2.28. The highest BCUT2D eigenvalue weighted by atomic mass is 16.1. The van der Waals surface area contributed by atoms with Gasteiger partial charge >= 0.3 is 0 Å². The molecule has 0 aromatic carbocycles. The number of nitrogens with zero attached hydrogens (tertiary/aromatic N) is 2. The lowest BCUT2D eigenvalue weighted by Crippen LogP contribution is -2.38. The van der Waals surface area contributed by atoms with Crippen LogP contribution in [0.2, 0.25) is 0 Å². The fraction of sp³-hybridized carbons (Fsp3) is 0.667. The Morgan fingerprint density at radius 2 is 1.88 bits per heavy atom. The first-order valence-corrected chi connectivity index (χ1v) is 9.13. The van der Waals surface area contributed by atoms with E-state index in [4.69, 9.17) is 11.5 Å². The van der Waals surface area contributed by atoms with Gasteiger partial charge in [-0.2, -0.15) is 0 Å². The molecule has 2 heterocycles. The molecule has 2 saturated carbocycles. The normalized spacial score (nSPS) is 31.6. The summed E-state index contributed by atoms with van der Waals surface area (Å²) in [5.74, 6) is 3.25. The average Bonchev–Trinajstić information content (AvgIpc) is 3.17. The van der Waals surface area contributed by atoms with Gasteiger partial charge in [0.2, 0.25) is 0 Å². The Hall–Kier alpha value is -1.98. The number of hydrogen-bond donors (Lipinski definition) is 3. The number of carbonyl (C=O) groups is 1. The Morgan fingerprint density at radius 1 is 1.21 bits per heavy atom. The van der Waals surface area contributed by atoms with Gasteiger partial charge < -0.3 is 21.7 Å². The molecule has 4 rings (SSSR count). The zero-order chi connectivity index (χ0) is 16.8. The van der Waals surface area contributed by atoms with Crippen LogP contribution in [0.3, 0.4) is 0 Å². The van der Waals surface area contributed by atoms with Gasteiger partial charge in [0.1, 0.15) is 11.6 Å². The molecule has 6 nitrogen and oxygen atoms in total. The minimum Gasteiger partial charge on any atom is -0.396 e. The lowest BCUT2D eigenvalue weighted by atomic mass is 9.87. The van der Waals surface area contributed by atoms with Crippen molar-refractivity contribution in [2.75, 3.05) is 29.5 Å². The van der Waals surface area contributed by atoms with E-state index >= 15 is 0 Å². The van der Waals surface area contributed by atoms with E-state index in [-0.39, 0.29) is 11.9 Å². The van der Waals surface area contributed by atoms with Crippen molar-refractivity contribution in [3.8, 4) is 0 Å². The Bertz CT molecular complexity index is 643. The molecule has 0 spiro atoms. The molecule has 3 fully saturated rings. The van der Waals surface area contributed by atoms with Crippen LogP contribution in [-0.4, -0.2) is 30.0 Å². The first-order valence-electron chi connectivity index (χ1n) is 9.13. The molecule has 0 bridgehead atoms. The van der Waals surface area contributed by atoms with Gasteiger partial charge in [-0.3, -0.25) is 4.79 Å². The number of fused-ring (bicyclic) bond motifs is 1. The predicted molar refractivity (Wildman–Crippen MR) is 95.8 cm³/mol.